The fourth-order valence-electron chi connectivity index (χ4n) is 3.41. The van der Waals surface area contributed by atoms with Gasteiger partial charge < -0.3 is 19.9 Å². The Balaban J connectivity index is 1.33. The second-order valence-electron chi connectivity index (χ2n) is 7.09. The van der Waals surface area contributed by atoms with Crippen LogP contribution in [0.3, 0.4) is 0 Å². The van der Waals surface area contributed by atoms with Gasteiger partial charge in [0.15, 0.2) is 0 Å². The molecule has 0 saturated carbocycles. The molecule has 1 aliphatic rings. The Kier molecular flexibility index (Phi) is 5.94. The average Bonchev–Trinajstić information content (AvgIpc) is 2.85. The van der Waals surface area contributed by atoms with Crippen molar-refractivity contribution in [1.29, 1.82) is 5.26 Å². The fourth-order valence-corrected chi connectivity index (χ4v) is 3.41. The van der Waals surface area contributed by atoms with Gasteiger partial charge in [-0.05, 0) is 48.5 Å². The molecule has 31 heavy (non-hydrogen) atoms. The highest BCUT2D eigenvalue weighted by molar-refractivity contribution is 6.04. The number of aromatic nitrogens is 2. The number of piperazine rings is 1. The zero-order chi connectivity index (χ0) is 21.6. The summed E-state index contributed by atoms with van der Waals surface area (Å²) in [6, 6.07) is 16.7. The highest BCUT2D eigenvalue weighted by Crippen LogP contribution is 2.20. The van der Waals surface area contributed by atoms with Crippen molar-refractivity contribution < 1.29 is 9.53 Å². The molecular weight excluding hydrogens is 392 g/mol. The summed E-state index contributed by atoms with van der Waals surface area (Å²) in [5, 5.41) is 11.7. The summed E-state index contributed by atoms with van der Waals surface area (Å²) < 4.78 is 5.11. The molecule has 8 nitrogen and oxygen atoms in total. The molecule has 0 radical (unpaired) electrons. The van der Waals surface area contributed by atoms with Crippen molar-refractivity contribution in [1.82, 2.24) is 9.97 Å². The van der Waals surface area contributed by atoms with Crippen molar-refractivity contribution in [3.8, 4) is 11.8 Å². The zero-order valence-corrected chi connectivity index (χ0v) is 17.2. The third-order valence-corrected chi connectivity index (χ3v) is 5.17. The van der Waals surface area contributed by atoms with Crippen molar-refractivity contribution in [2.45, 2.75) is 0 Å². The van der Waals surface area contributed by atoms with E-state index in [4.69, 9.17) is 10.00 Å². The van der Waals surface area contributed by atoms with E-state index in [-0.39, 0.29) is 5.91 Å². The summed E-state index contributed by atoms with van der Waals surface area (Å²) in [5.41, 5.74) is 2.84. The van der Waals surface area contributed by atoms with E-state index in [1.54, 1.807) is 43.8 Å². The first-order valence-electron chi connectivity index (χ1n) is 9.94. The maximum absolute atomic E-state index is 12.4. The molecular formula is C23H22N6O2. The Morgan fingerprint density at radius 3 is 2.16 bits per heavy atom. The third-order valence-electron chi connectivity index (χ3n) is 5.17. The number of amides is 1. The Bertz CT molecular complexity index is 1070. The predicted octanol–water partition coefficient (Wildman–Crippen LogP) is 2.94. The second kappa shape index (κ2) is 9.13. The molecule has 0 bridgehead atoms. The van der Waals surface area contributed by atoms with E-state index in [2.05, 4.69) is 31.2 Å². The van der Waals surface area contributed by atoms with Crippen LogP contribution in [0.5, 0.6) is 5.75 Å². The first-order chi connectivity index (χ1) is 15.2. The fraction of sp³-hybridized carbons (Fsp3) is 0.217. The van der Waals surface area contributed by atoms with E-state index in [1.807, 2.05) is 24.3 Å². The van der Waals surface area contributed by atoms with Gasteiger partial charge in [0.2, 0.25) is 5.95 Å². The second-order valence-corrected chi connectivity index (χ2v) is 7.09. The Labute approximate surface area is 180 Å². The van der Waals surface area contributed by atoms with Crippen molar-refractivity contribution in [3.63, 3.8) is 0 Å². The Morgan fingerprint density at radius 2 is 1.58 bits per heavy atom. The molecule has 8 heteroatoms. The molecule has 0 spiro atoms. The molecule has 156 valence electrons. The number of carbonyl (C=O) groups is 1. The zero-order valence-electron chi connectivity index (χ0n) is 17.2. The van der Waals surface area contributed by atoms with E-state index < -0.39 is 0 Å². The van der Waals surface area contributed by atoms with Crippen LogP contribution in [-0.4, -0.2) is 49.2 Å². The summed E-state index contributed by atoms with van der Waals surface area (Å²) in [5.74, 6) is 1.11. The van der Waals surface area contributed by atoms with E-state index in [9.17, 15) is 4.79 Å². The molecule has 1 aromatic heterocycles. The van der Waals surface area contributed by atoms with Gasteiger partial charge >= 0.3 is 0 Å². The summed E-state index contributed by atoms with van der Waals surface area (Å²) >= 11 is 0. The molecule has 0 aliphatic carbocycles. The van der Waals surface area contributed by atoms with Crippen LogP contribution < -0.4 is 19.9 Å². The van der Waals surface area contributed by atoms with Crippen molar-refractivity contribution in [2.75, 3.05) is 48.4 Å². The van der Waals surface area contributed by atoms with Crippen LogP contribution in [0, 0.1) is 11.3 Å². The summed E-state index contributed by atoms with van der Waals surface area (Å²) in [6.45, 7) is 3.26. The number of hydrogen-bond acceptors (Lipinski definition) is 7. The standard InChI is InChI=1S/C23H22N6O2/c1-31-21-8-4-18(5-9-21)22(30)27-19-15-25-23(26-16-19)29-12-10-28(11-13-29)20-6-2-17(14-24)3-7-20/h2-9,15-16H,10-13H2,1H3,(H,27,30). The lowest BCUT2D eigenvalue weighted by Crippen LogP contribution is -2.47. The van der Waals surface area contributed by atoms with Crippen LogP contribution in [-0.2, 0) is 0 Å². The number of benzene rings is 2. The number of nitrogens with one attached hydrogen (secondary N) is 1. The molecule has 1 amide bonds. The van der Waals surface area contributed by atoms with Crippen LogP contribution in [0.2, 0.25) is 0 Å². The van der Waals surface area contributed by atoms with E-state index in [0.717, 1.165) is 31.9 Å². The quantitative estimate of drug-likeness (QED) is 0.686. The minimum Gasteiger partial charge on any atom is -0.497 e. The van der Waals surface area contributed by atoms with Gasteiger partial charge in [-0.1, -0.05) is 0 Å². The number of carbonyl (C=O) groups excluding carboxylic acids is 1. The van der Waals surface area contributed by atoms with Gasteiger partial charge in [-0.2, -0.15) is 5.26 Å². The SMILES string of the molecule is COc1ccc(C(=O)Nc2cnc(N3CCN(c4ccc(C#N)cc4)CC3)nc2)cc1. The van der Waals surface area contributed by atoms with Crippen LogP contribution in [0.25, 0.3) is 0 Å². The minimum absolute atomic E-state index is 0.227. The molecule has 0 unspecified atom stereocenters. The summed E-state index contributed by atoms with van der Waals surface area (Å²) in [6.07, 6.45) is 3.24. The highest BCUT2D eigenvalue weighted by atomic mass is 16.5. The van der Waals surface area contributed by atoms with Gasteiger partial charge in [-0.3, -0.25) is 4.79 Å². The predicted molar refractivity (Wildman–Crippen MR) is 119 cm³/mol. The van der Waals surface area contributed by atoms with Crippen molar-refractivity contribution in [2.24, 2.45) is 0 Å². The normalized spacial score (nSPS) is 13.4. The Morgan fingerprint density at radius 1 is 0.968 bits per heavy atom. The molecule has 1 N–H and O–H groups in total. The van der Waals surface area contributed by atoms with Gasteiger partial charge in [-0.25, -0.2) is 9.97 Å². The number of hydrogen-bond donors (Lipinski definition) is 1. The van der Waals surface area contributed by atoms with Crippen LogP contribution in [0.4, 0.5) is 17.3 Å². The van der Waals surface area contributed by atoms with Gasteiger partial charge in [0.05, 0.1) is 36.8 Å². The summed E-state index contributed by atoms with van der Waals surface area (Å²) in [4.78, 5) is 25.6. The van der Waals surface area contributed by atoms with Crippen molar-refractivity contribution >= 4 is 23.2 Å². The first-order valence-corrected chi connectivity index (χ1v) is 9.94. The third kappa shape index (κ3) is 4.73. The van der Waals surface area contributed by atoms with E-state index >= 15 is 0 Å². The van der Waals surface area contributed by atoms with Crippen molar-refractivity contribution in [3.05, 3.63) is 72.1 Å². The largest absolute Gasteiger partial charge is 0.497 e. The maximum Gasteiger partial charge on any atom is 0.255 e. The average molecular weight is 414 g/mol. The molecule has 0 atom stereocenters. The number of methoxy groups -OCH3 is 1. The van der Waals surface area contributed by atoms with Crippen LogP contribution >= 0.6 is 0 Å². The topological polar surface area (TPSA) is 94.4 Å². The summed E-state index contributed by atoms with van der Waals surface area (Å²) in [7, 11) is 1.58. The number of ether oxygens (including phenoxy) is 1. The lowest BCUT2D eigenvalue weighted by molar-refractivity contribution is 0.102. The number of anilines is 3. The smallest absolute Gasteiger partial charge is 0.255 e. The monoisotopic (exact) mass is 414 g/mol. The Hall–Kier alpha value is -4.12. The van der Waals surface area contributed by atoms with Gasteiger partial charge in [0.25, 0.3) is 5.91 Å². The van der Waals surface area contributed by atoms with E-state index in [1.165, 1.54) is 0 Å². The molecule has 1 aliphatic heterocycles. The molecule has 3 aromatic rings. The number of nitriles is 1. The lowest BCUT2D eigenvalue weighted by Gasteiger charge is -2.36. The highest BCUT2D eigenvalue weighted by Gasteiger charge is 2.19. The lowest BCUT2D eigenvalue weighted by atomic mass is 10.2. The van der Waals surface area contributed by atoms with Crippen LogP contribution in [0.1, 0.15) is 15.9 Å². The maximum atomic E-state index is 12.4. The molecule has 2 heterocycles. The molecule has 1 saturated heterocycles. The number of rotatable bonds is 5. The molecule has 2 aromatic carbocycles. The van der Waals surface area contributed by atoms with Gasteiger partial charge in [0, 0.05) is 37.4 Å². The van der Waals surface area contributed by atoms with Gasteiger partial charge in [-0.15, -0.1) is 0 Å². The van der Waals surface area contributed by atoms with Gasteiger partial charge in [0.1, 0.15) is 5.75 Å². The first kappa shape index (κ1) is 20.2. The number of nitrogens with zero attached hydrogens (tertiary/aromatic N) is 5. The van der Waals surface area contributed by atoms with E-state index in [0.29, 0.717) is 28.5 Å². The molecule has 4 rings (SSSR count). The molecule has 1 fully saturated rings. The van der Waals surface area contributed by atoms with Crippen LogP contribution in [0.15, 0.2) is 60.9 Å². The minimum atomic E-state index is -0.227.